The van der Waals surface area contributed by atoms with Crippen molar-refractivity contribution in [1.29, 1.82) is 0 Å². The highest BCUT2D eigenvalue weighted by atomic mass is 16.5. The summed E-state index contributed by atoms with van der Waals surface area (Å²) in [6, 6.07) is 22.7. The molecular formula is C27H29N3O2. The minimum absolute atomic E-state index is 0.0727. The minimum atomic E-state index is -0.0975. The Morgan fingerprint density at radius 3 is 2.47 bits per heavy atom. The zero-order chi connectivity index (χ0) is 21.9. The fraction of sp³-hybridized carbons (Fsp3) is 0.333. The molecule has 5 rings (SSSR count). The molecule has 0 aromatic heterocycles. The molecule has 0 spiro atoms. The zero-order valence-electron chi connectivity index (χ0n) is 18.5. The first-order valence-corrected chi connectivity index (χ1v) is 11.5. The first-order chi connectivity index (χ1) is 15.7. The van der Waals surface area contributed by atoms with Gasteiger partial charge in [-0.3, -0.25) is 9.69 Å². The summed E-state index contributed by atoms with van der Waals surface area (Å²) in [5.41, 5.74) is 3.12. The fourth-order valence-corrected chi connectivity index (χ4v) is 4.75. The summed E-state index contributed by atoms with van der Waals surface area (Å²) in [5.74, 6) is 0.886. The maximum Gasteiger partial charge on any atom is 0.257 e. The summed E-state index contributed by atoms with van der Waals surface area (Å²) < 4.78 is 5.32. The number of piperidine rings is 1. The molecule has 164 valence electrons. The second-order valence-electron chi connectivity index (χ2n) is 8.68. The fourth-order valence-electron chi connectivity index (χ4n) is 4.75. The minimum Gasteiger partial charge on any atom is -0.497 e. The summed E-state index contributed by atoms with van der Waals surface area (Å²) in [6.07, 6.45) is 4.30. The summed E-state index contributed by atoms with van der Waals surface area (Å²) in [5, 5.41) is 8.99. The number of amides is 1. The number of fused-ring (bicyclic) bond motifs is 1. The number of nitrogens with zero attached hydrogens (tertiary/aromatic N) is 3. The lowest BCUT2D eigenvalue weighted by Crippen LogP contribution is -2.40. The van der Waals surface area contributed by atoms with Crippen LogP contribution in [0, 0.1) is 0 Å². The Morgan fingerprint density at radius 2 is 1.72 bits per heavy atom. The van der Waals surface area contributed by atoms with Crippen LogP contribution in [0.1, 0.15) is 42.9 Å². The summed E-state index contributed by atoms with van der Waals surface area (Å²) in [4.78, 5) is 15.6. The van der Waals surface area contributed by atoms with Gasteiger partial charge in [-0.2, -0.15) is 5.10 Å². The number of methoxy groups -OCH3 is 1. The van der Waals surface area contributed by atoms with Gasteiger partial charge in [0.25, 0.3) is 5.91 Å². The summed E-state index contributed by atoms with van der Waals surface area (Å²) in [6.45, 7) is 2.42. The molecule has 5 nitrogen and oxygen atoms in total. The van der Waals surface area contributed by atoms with E-state index in [1.165, 1.54) is 30.0 Å². The van der Waals surface area contributed by atoms with Gasteiger partial charge in [0, 0.05) is 6.42 Å². The van der Waals surface area contributed by atoms with E-state index in [0.717, 1.165) is 35.7 Å². The molecule has 0 aliphatic carbocycles. The molecule has 3 aromatic rings. The Balaban J connectivity index is 1.45. The molecule has 0 unspecified atom stereocenters. The molecule has 0 saturated carbocycles. The highest BCUT2D eigenvalue weighted by Gasteiger charge is 2.34. The molecule has 0 N–H and O–H groups in total. The first kappa shape index (κ1) is 20.7. The molecule has 1 fully saturated rings. The number of hydrogen-bond donors (Lipinski definition) is 0. The van der Waals surface area contributed by atoms with Crippen molar-refractivity contribution in [2.24, 2.45) is 5.10 Å². The van der Waals surface area contributed by atoms with E-state index in [9.17, 15) is 4.79 Å². The van der Waals surface area contributed by atoms with Crippen LogP contribution < -0.4 is 4.74 Å². The van der Waals surface area contributed by atoms with Crippen LogP contribution in [-0.2, 0) is 4.79 Å². The molecule has 1 saturated heterocycles. The van der Waals surface area contributed by atoms with Crippen LogP contribution >= 0.6 is 0 Å². The third kappa shape index (κ3) is 4.26. The Hall–Kier alpha value is -3.18. The largest absolute Gasteiger partial charge is 0.497 e. The Kier molecular flexibility index (Phi) is 5.91. The van der Waals surface area contributed by atoms with Gasteiger partial charge in [0.2, 0.25) is 0 Å². The number of hydrogen-bond acceptors (Lipinski definition) is 4. The van der Waals surface area contributed by atoms with Gasteiger partial charge in [-0.05, 0) is 66.0 Å². The number of hydrazone groups is 1. The number of carbonyl (C=O) groups is 1. The highest BCUT2D eigenvalue weighted by Crippen LogP contribution is 2.34. The van der Waals surface area contributed by atoms with E-state index in [1.54, 1.807) is 12.1 Å². The second kappa shape index (κ2) is 9.13. The first-order valence-electron chi connectivity index (χ1n) is 11.5. The van der Waals surface area contributed by atoms with Crippen LogP contribution in [-0.4, -0.2) is 48.3 Å². The quantitative estimate of drug-likeness (QED) is 0.575. The normalized spacial score (nSPS) is 19.2. The lowest BCUT2D eigenvalue weighted by molar-refractivity contribution is -0.134. The molecular weight excluding hydrogens is 398 g/mol. The van der Waals surface area contributed by atoms with Gasteiger partial charge in [0.05, 0.1) is 25.4 Å². The van der Waals surface area contributed by atoms with Gasteiger partial charge in [0.15, 0.2) is 0 Å². The van der Waals surface area contributed by atoms with Crippen molar-refractivity contribution < 1.29 is 9.53 Å². The molecule has 2 aliphatic rings. The Morgan fingerprint density at radius 1 is 0.969 bits per heavy atom. The predicted octanol–water partition coefficient (Wildman–Crippen LogP) is 5.01. The van der Waals surface area contributed by atoms with E-state index in [4.69, 9.17) is 9.84 Å². The number of benzene rings is 3. The molecule has 2 heterocycles. The standard InChI is InChI=1S/C27H29N3O2/c1-32-24-13-11-21(12-14-24)26-18-25(23-10-9-20-7-3-4-8-22(20)17-23)28-30(26)27(31)19-29-15-5-2-6-16-29/h3-4,7-14,17,26H,2,5-6,15-16,18-19H2,1H3/t26-/m0/s1. The molecule has 3 aromatic carbocycles. The second-order valence-corrected chi connectivity index (χ2v) is 8.68. The number of likely N-dealkylation sites (tertiary alicyclic amines) is 1. The van der Waals surface area contributed by atoms with Crippen LogP contribution in [0.15, 0.2) is 71.8 Å². The summed E-state index contributed by atoms with van der Waals surface area (Å²) >= 11 is 0. The van der Waals surface area contributed by atoms with Gasteiger partial charge >= 0.3 is 0 Å². The Bertz CT molecular complexity index is 1130. The van der Waals surface area contributed by atoms with Crippen molar-refractivity contribution >= 4 is 22.4 Å². The topological polar surface area (TPSA) is 45.1 Å². The van der Waals surface area contributed by atoms with E-state index >= 15 is 0 Å². The molecule has 1 atom stereocenters. The molecule has 0 radical (unpaired) electrons. The third-order valence-corrected chi connectivity index (χ3v) is 6.56. The van der Waals surface area contributed by atoms with E-state index in [2.05, 4.69) is 47.4 Å². The third-order valence-electron chi connectivity index (χ3n) is 6.56. The predicted molar refractivity (Wildman–Crippen MR) is 128 cm³/mol. The van der Waals surface area contributed by atoms with Crippen molar-refractivity contribution in [3.63, 3.8) is 0 Å². The zero-order valence-corrected chi connectivity index (χ0v) is 18.5. The maximum absolute atomic E-state index is 13.4. The van der Waals surface area contributed by atoms with Crippen LogP contribution in [0.25, 0.3) is 10.8 Å². The lowest BCUT2D eigenvalue weighted by atomic mass is 9.97. The SMILES string of the molecule is COc1ccc([C@@H]2CC(c3ccc4ccccc4c3)=NN2C(=O)CN2CCCCC2)cc1. The highest BCUT2D eigenvalue weighted by molar-refractivity contribution is 6.05. The molecule has 32 heavy (non-hydrogen) atoms. The molecule has 1 amide bonds. The average Bonchev–Trinajstić information content (AvgIpc) is 3.30. The Labute approximate surface area is 189 Å². The van der Waals surface area contributed by atoms with Gasteiger partial charge in [0.1, 0.15) is 5.75 Å². The number of ether oxygens (including phenoxy) is 1. The summed E-state index contributed by atoms with van der Waals surface area (Å²) in [7, 11) is 1.67. The molecule has 2 aliphatic heterocycles. The van der Waals surface area contributed by atoms with Crippen LogP contribution in [0.2, 0.25) is 0 Å². The smallest absolute Gasteiger partial charge is 0.257 e. The maximum atomic E-state index is 13.4. The number of carbonyl (C=O) groups excluding carboxylic acids is 1. The average molecular weight is 428 g/mol. The van der Waals surface area contributed by atoms with Crippen LogP contribution in [0.3, 0.4) is 0 Å². The lowest BCUT2D eigenvalue weighted by Gasteiger charge is -2.29. The van der Waals surface area contributed by atoms with E-state index in [0.29, 0.717) is 13.0 Å². The van der Waals surface area contributed by atoms with Gasteiger partial charge < -0.3 is 4.74 Å². The van der Waals surface area contributed by atoms with Crippen molar-refractivity contribution in [3.8, 4) is 5.75 Å². The molecule has 5 heteroatoms. The van der Waals surface area contributed by atoms with Gasteiger partial charge in [-0.15, -0.1) is 0 Å². The van der Waals surface area contributed by atoms with Crippen molar-refractivity contribution in [1.82, 2.24) is 9.91 Å². The van der Waals surface area contributed by atoms with Gasteiger partial charge in [-0.1, -0.05) is 55.0 Å². The van der Waals surface area contributed by atoms with E-state index in [1.807, 2.05) is 24.3 Å². The molecule has 0 bridgehead atoms. The number of rotatable bonds is 5. The van der Waals surface area contributed by atoms with E-state index < -0.39 is 0 Å². The monoisotopic (exact) mass is 427 g/mol. The van der Waals surface area contributed by atoms with E-state index in [-0.39, 0.29) is 11.9 Å². The van der Waals surface area contributed by atoms with Crippen molar-refractivity contribution in [2.45, 2.75) is 31.7 Å². The van der Waals surface area contributed by atoms with Crippen molar-refractivity contribution in [2.75, 3.05) is 26.7 Å². The van der Waals surface area contributed by atoms with Crippen molar-refractivity contribution in [3.05, 3.63) is 77.9 Å². The van der Waals surface area contributed by atoms with Crippen LogP contribution in [0.4, 0.5) is 0 Å². The van der Waals surface area contributed by atoms with Gasteiger partial charge in [-0.25, -0.2) is 5.01 Å². The van der Waals surface area contributed by atoms with Crippen LogP contribution in [0.5, 0.6) is 5.75 Å².